The lowest BCUT2D eigenvalue weighted by molar-refractivity contribution is 0.0996. The number of primary amides is 1. The van der Waals surface area contributed by atoms with Crippen LogP contribution in [0.1, 0.15) is 43.2 Å². The van der Waals surface area contributed by atoms with Crippen LogP contribution in [0.15, 0.2) is 53.1 Å². The molecule has 34 heavy (non-hydrogen) atoms. The number of H-pyrrole nitrogens is 1. The topological polar surface area (TPSA) is 100 Å². The number of aryl methyl sites for hydroxylation is 1. The highest BCUT2D eigenvalue weighted by Crippen LogP contribution is 2.35. The van der Waals surface area contributed by atoms with Crippen LogP contribution in [0.5, 0.6) is 0 Å². The number of benzene rings is 2. The van der Waals surface area contributed by atoms with Crippen molar-refractivity contribution in [3.8, 4) is 22.8 Å². The Kier molecular flexibility index (Phi) is 5.65. The summed E-state index contributed by atoms with van der Waals surface area (Å²) < 4.78 is 6.19. The highest BCUT2D eigenvalue weighted by Gasteiger charge is 2.26. The van der Waals surface area contributed by atoms with E-state index in [0.29, 0.717) is 11.7 Å². The van der Waals surface area contributed by atoms with Crippen molar-refractivity contribution in [3.63, 3.8) is 0 Å². The van der Waals surface area contributed by atoms with Gasteiger partial charge < -0.3 is 25.4 Å². The van der Waals surface area contributed by atoms with Crippen molar-refractivity contribution >= 4 is 22.5 Å². The summed E-state index contributed by atoms with van der Waals surface area (Å²) in [5.74, 6) is 0.186. The van der Waals surface area contributed by atoms with Crippen LogP contribution >= 0.6 is 0 Å². The van der Waals surface area contributed by atoms with Crippen molar-refractivity contribution in [1.29, 1.82) is 0 Å². The number of oxazole rings is 1. The third-order valence-electron chi connectivity index (χ3n) is 6.49. The lowest BCUT2D eigenvalue weighted by Crippen LogP contribution is -2.57. The third kappa shape index (κ3) is 4.07. The molecule has 1 aliphatic rings. The first-order valence-corrected chi connectivity index (χ1v) is 11.9. The molecular formula is C27H31N5O2. The number of nitrogens with one attached hydrogen (secondary N) is 2. The van der Waals surface area contributed by atoms with Crippen molar-refractivity contribution in [1.82, 2.24) is 15.3 Å². The highest BCUT2D eigenvalue weighted by molar-refractivity contribution is 5.99. The van der Waals surface area contributed by atoms with Gasteiger partial charge in [0, 0.05) is 59.1 Å². The van der Waals surface area contributed by atoms with Crippen LogP contribution in [0, 0.1) is 0 Å². The van der Waals surface area contributed by atoms with Crippen LogP contribution in [0.4, 0.5) is 5.69 Å². The number of aromatic amines is 1. The van der Waals surface area contributed by atoms with E-state index in [-0.39, 0.29) is 11.2 Å². The first-order chi connectivity index (χ1) is 16.4. The molecule has 7 heteroatoms. The summed E-state index contributed by atoms with van der Waals surface area (Å²) >= 11 is 0. The number of carbonyl (C=O) groups is 1. The van der Waals surface area contributed by atoms with Gasteiger partial charge in [-0.2, -0.15) is 0 Å². The van der Waals surface area contributed by atoms with Gasteiger partial charge in [-0.05, 0) is 62.2 Å². The molecular weight excluding hydrogens is 426 g/mol. The minimum absolute atomic E-state index is 0.0616. The Morgan fingerprint density at radius 1 is 1.18 bits per heavy atom. The third-order valence-corrected chi connectivity index (χ3v) is 6.49. The normalized spacial score (nSPS) is 15.7. The minimum Gasteiger partial charge on any atom is -0.435 e. The van der Waals surface area contributed by atoms with E-state index in [0.717, 1.165) is 60.2 Å². The second kappa shape index (κ2) is 8.65. The predicted molar refractivity (Wildman–Crippen MR) is 136 cm³/mol. The number of piperazine rings is 1. The Hall–Kier alpha value is -3.58. The standard InChI is InChI=1S/C27H31N5O2/c1-4-5-17-8-11-21(20-12-13-29-22(17)20)26-31-23(25(28)33)24(34-26)18-6-9-19(10-7-18)32-15-14-30-27(2,3)16-32/h6-13,29-30H,4-5,14-16H2,1-3H3,(H2,28,33). The zero-order chi connectivity index (χ0) is 23.9. The maximum Gasteiger partial charge on any atom is 0.271 e. The molecule has 0 radical (unpaired) electrons. The molecule has 2 aromatic heterocycles. The molecule has 1 amide bonds. The number of rotatable bonds is 6. The summed E-state index contributed by atoms with van der Waals surface area (Å²) in [7, 11) is 0. The summed E-state index contributed by atoms with van der Waals surface area (Å²) in [6.45, 7) is 9.39. The predicted octanol–water partition coefficient (Wildman–Crippen LogP) is 4.73. The van der Waals surface area contributed by atoms with Crippen LogP contribution in [-0.2, 0) is 6.42 Å². The fraction of sp³-hybridized carbons (Fsp3) is 0.333. The van der Waals surface area contributed by atoms with Crippen molar-refractivity contribution < 1.29 is 9.21 Å². The van der Waals surface area contributed by atoms with Gasteiger partial charge in [0.25, 0.3) is 5.91 Å². The number of hydrogen-bond acceptors (Lipinski definition) is 5. The monoisotopic (exact) mass is 457 g/mol. The number of nitrogens with zero attached hydrogens (tertiary/aromatic N) is 2. The van der Waals surface area contributed by atoms with Gasteiger partial charge in [-0.25, -0.2) is 4.98 Å². The van der Waals surface area contributed by atoms with Crippen LogP contribution < -0.4 is 16.0 Å². The first kappa shape index (κ1) is 22.2. The van der Waals surface area contributed by atoms with Gasteiger partial charge in [0.15, 0.2) is 11.5 Å². The lowest BCUT2D eigenvalue weighted by atomic mass is 10.0. The van der Waals surface area contributed by atoms with Crippen molar-refractivity contribution in [2.45, 2.75) is 39.2 Å². The quantitative estimate of drug-likeness (QED) is 0.389. The van der Waals surface area contributed by atoms with Gasteiger partial charge in [0.2, 0.25) is 5.89 Å². The van der Waals surface area contributed by atoms with Gasteiger partial charge >= 0.3 is 0 Å². The van der Waals surface area contributed by atoms with Crippen molar-refractivity contribution in [2.75, 3.05) is 24.5 Å². The Morgan fingerprint density at radius 3 is 2.68 bits per heavy atom. The lowest BCUT2D eigenvalue weighted by Gasteiger charge is -2.40. The van der Waals surface area contributed by atoms with E-state index in [1.807, 2.05) is 30.5 Å². The number of anilines is 1. The molecule has 0 unspecified atom stereocenters. The molecule has 0 atom stereocenters. The summed E-state index contributed by atoms with van der Waals surface area (Å²) in [5, 5.41) is 4.56. The molecule has 1 fully saturated rings. The van der Waals surface area contributed by atoms with Gasteiger partial charge in [0.05, 0.1) is 0 Å². The maximum atomic E-state index is 12.3. The largest absolute Gasteiger partial charge is 0.435 e. The Labute approximate surface area is 199 Å². The molecule has 0 aliphatic carbocycles. The Morgan fingerprint density at radius 2 is 1.97 bits per heavy atom. The van der Waals surface area contributed by atoms with E-state index >= 15 is 0 Å². The van der Waals surface area contributed by atoms with E-state index in [4.69, 9.17) is 10.2 Å². The number of carbonyl (C=O) groups excluding carboxylic acids is 1. The molecule has 3 heterocycles. The van der Waals surface area contributed by atoms with Gasteiger partial charge in [0.1, 0.15) is 0 Å². The zero-order valence-electron chi connectivity index (χ0n) is 19.9. The second-order valence-corrected chi connectivity index (χ2v) is 9.63. The number of aromatic nitrogens is 2. The van der Waals surface area contributed by atoms with E-state index in [1.54, 1.807) is 0 Å². The van der Waals surface area contributed by atoms with E-state index in [1.165, 1.54) is 5.56 Å². The first-order valence-electron chi connectivity index (χ1n) is 11.9. The SMILES string of the molecule is CCCc1ccc(-c2nc(C(N)=O)c(-c3ccc(N4CCNC(C)(C)C4)cc3)o2)c2cc[nH]c12. The maximum absolute atomic E-state index is 12.3. The van der Waals surface area contributed by atoms with Crippen molar-refractivity contribution in [3.05, 3.63) is 59.9 Å². The average Bonchev–Trinajstić information content (AvgIpc) is 3.47. The van der Waals surface area contributed by atoms with Crippen LogP contribution in [-0.4, -0.2) is 41.0 Å². The minimum atomic E-state index is -0.606. The molecule has 4 N–H and O–H groups in total. The molecule has 1 aliphatic heterocycles. The van der Waals surface area contributed by atoms with Gasteiger partial charge in [-0.1, -0.05) is 19.4 Å². The smallest absolute Gasteiger partial charge is 0.271 e. The summed E-state index contributed by atoms with van der Waals surface area (Å²) in [6.07, 6.45) is 3.96. The number of hydrogen-bond donors (Lipinski definition) is 3. The Balaban J connectivity index is 1.51. The van der Waals surface area contributed by atoms with E-state index in [9.17, 15) is 4.79 Å². The second-order valence-electron chi connectivity index (χ2n) is 9.63. The fourth-order valence-corrected chi connectivity index (χ4v) is 4.86. The van der Waals surface area contributed by atoms with Crippen LogP contribution in [0.25, 0.3) is 33.7 Å². The number of fused-ring (bicyclic) bond motifs is 1. The summed E-state index contributed by atoms with van der Waals surface area (Å²) in [6, 6.07) is 14.2. The molecule has 7 nitrogen and oxygen atoms in total. The average molecular weight is 458 g/mol. The summed E-state index contributed by atoms with van der Waals surface area (Å²) in [4.78, 5) is 22.5. The van der Waals surface area contributed by atoms with Gasteiger partial charge in [-0.3, -0.25) is 4.79 Å². The van der Waals surface area contributed by atoms with Crippen molar-refractivity contribution in [2.24, 2.45) is 5.73 Å². The van der Waals surface area contributed by atoms with E-state index in [2.05, 4.69) is 59.2 Å². The summed E-state index contributed by atoms with van der Waals surface area (Å²) in [5.41, 5.74) is 11.0. The van der Waals surface area contributed by atoms with Crippen LogP contribution in [0.3, 0.4) is 0 Å². The van der Waals surface area contributed by atoms with Crippen LogP contribution in [0.2, 0.25) is 0 Å². The molecule has 4 aromatic rings. The number of amides is 1. The molecule has 0 saturated carbocycles. The fourth-order valence-electron chi connectivity index (χ4n) is 4.86. The Bertz CT molecular complexity index is 1330. The van der Waals surface area contributed by atoms with E-state index < -0.39 is 5.91 Å². The molecule has 0 spiro atoms. The molecule has 5 rings (SSSR count). The van der Waals surface area contributed by atoms with Gasteiger partial charge in [-0.15, -0.1) is 0 Å². The molecule has 2 aromatic carbocycles. The highest BCUT2D eigenvalue weighted by atomic mass is 16.4. The molecule has 0 bridgehead atoms. The molecule has 176 valence electrons. The molecule has 1 saturated heterocycles. The number of nitrogens with two attached hydrogens (primary N) is 1. The zero-order valence-corrected chi connectivity index (χ0v) is 19.9.